The van der Waals surface area contributed by atoms with E-state index < -0.39 is 5.56 Å². The summed E-state index contributed by atoms with van der Waals surface area (Å²) in [6.07, 6.45) is 2.62. The zero-order valence-electron chi connectivity index (χ0n) is 16.9. The summed E-state index contributed by atoms with van der Waals surface area (Å²) < 4.78 is 6.62. The van der Waals surface area contributed by atoms with Gasteiger partial charge in [-0.05, 0) is 44.0 Å². The highest BCUT2D eigenvalue weighted by atomic mass is 16.3. The maximum atomic E-state index is 12.4. The van der Waals surface area contributed by atoms with E-state index in [-0.39, 0.29) is 18.1 Å². The largest absolute Gasteiger partial charge is 0.466 e. The molecule has 8 heteroatoms. The van der Waals surface area contributed by atoms with Gasteiger partial charge >= 0.3 is 0 Å². The van der Waals surface area contributed by atoms with Crippen molar-refractivity contribution in [2.75, 3.05) is 12.3 Å². The molecule has 3 heterocycles. The van der Waals surface area contributed by atoms with Gasteiger partial charge in [-0.1, -0.05) is 18.2 Å². The van der Waals surface area contributed by atoms with Crippen LogP contribution in [0.5, 0.6) is 0 Å². The molecule has 0 aliphatic rings. The number of para-hydroxylation sites is 1. The molecular formula is C22H23N5O3. The zero-order valence-corrected chi connectivity index (χ0v) is 16.9. The van der Waals surface area contributed by atoms with Crippen LogP contribution in [0.15, 0.2) is 51.8 Å². The number of rotatable bonds is 6. The van der Waals surface area contributed by atoms with Gasteiger partial charge in [0.25, 0.3) is 5.56 Å². The van der Waals surface area contributed by atoms with Crippen molar-refractivity contribution in [3.63, 3.8) is 0 Å². The minimum absolute atomic E-state index is 0.0323. The molecule has 0 saturated carbocycles. The molecule has 3 aromatic heterocycles. The number of aromatic amines is 1. The summed E-state index contributed by atoms with van der Waals surface area (Å²) in [5.74, 6) is 1.10. The third kappa shape index (κ3) is 3.84. The Labute approximate surface area is 172 Å². The van der Waals surface area contributed by atoms with Crippen molar-refractivity contribution in [1.29, 1.82) is 0 Å². The fourth-order valence-electron chi connectivity index (χ4n) is 3.55. The Morgan fingerprint density at radius 2 is 2.07 bits per heavy atom. The van der Waals surface area contributed by atoms with Gasteiger partial charge < -0.3 is 20.5 Å². The SMILES string of the molecule is Cc1cc(-c2cc(N)c(=O)n(CC(=O)NCCc3c[nH]c4ccccc34)n2)c(C)o1. The molecule has 8 nitrogen and oxygen atoms in total. The van der Waals surface area contributed by atoms with Crippen LogP contribution in [-0.4, -0.2) is 27.2 Å². The number of nitrogen functional groups attached to an aromatic ring is 1. The molecule has 4 aromatic rings. The molecule has 0 fully saturated rings. The van der Waals surface area contributed by atoms with Gasteiger partial charge in [-0.3, -0.25) is 9.59 Å². The lowest BCUT2D eigenvalue weighted by Gasteiger charge is -2.09. The third-order valence-electron chi connectivity index (χ3n) is 5.00. The lowest BCUT2D eigenvalue weighted by Crippen LogP contribution is -2.35. The fraction of sp³-hybridized carbons (Fsp3) is 0.227. The van der Waals surface area contributed by atoms with Gasteiger partial charge in [0.15, 0.2) is 0 Å². The number of nitrogens with zero attached hydrogens (tertiary/aromatic N) is 2. The number of hydrogen-bond acceptors (Lipinski definition) is 5. The average Bonchev–Trinajstić information content (AvgIpc) is 3.28. The minimum Gasteiger partial charge on any atom is -0.466 e. The molecule has 30 heavy (non-hydrogen) atoms. The molecule has 4 N–H and O–H groups in total. The summed E-state index contributed by atoms with van der Waals surface area (Å²) in [6, 6.07) is 11.3. The molecule has 154 valence electrons. The van der Waals surface area contributed by atoms with E-state index in [2.05, 4.69) is 15.4 Å². The molecule has 0 unspecified atom stereocenters. The molecule has 0 aliphatic carbocycles. The van der Waals surface area contributed by atoms with E-state index in [1.807, 2.05) is 50.4 Å². The van der Waals surface area contributed by atoms with Crippen molar-refractivity contribution < 1.29 is 9.21 Å². The minimum atomic E-state index is -0.497. The van der Waals surface area contributed by atoms with E-state index >= 15 is 0 Å². The Morgan fingerprint density at radius 1 is 1.27 bits per heavy atom. The first-order chi connectivity index (χ1) is 14.4. The molecule has 0 saturated heterocycles. The zero-order chi connectivity index (χ0) is 21.3. The molecule has 0 spiro atoms. The van der Waals surface area contributed by atoms with Crippen molar-refractivity contribution in [1.82, 2.24) is 20.1 Å². The third-order valence-corrected chi connectivity index (χ3v) is 5.00. The van der Waals surface area contributed by atoms with E-state index in [4.69, 9.17) is 10.2 Å². The predicted molar refractivity (Wildman–Crippen MR) is 115 cm³/mol. The number of benzene rings is 1. The first kappa shape index (κ1) is 19.5. The number of carbonyl (C=O) groups is 1. The van der Waals surface area contributed by atoms with Crippen LogP contribution in [0.1, 0.15) is 17.1 Å². The van der Waals surface area contributed by atoms with Crippen LogP contribution in [0.4, 0.5) is 5.69 Å². The summed E-state index contributed by atoms with van der Waals surface area (Å²) in [5, 5.41) is 8.29. The summed E-state index contributed by atoms with van der Waals surface area (Å²) in [7, 11) is 0. The number of nitrogens with two attached hydrogens (primary N) is 1. The summed E-state index contributed by atoms with van der Waals surface area (Å²) >= 11 is 0. The smallest absolute Gasteiger partial charge is 0.290 e. The first-order valence-corrected chi connectivity index (χ1v) is 9.69. The second-order valence-corrected chi connectivity index (χ2v) is 7.23. The van der Waals surface area contributed by atoms with E-state index in [0.717, 1.165) is 32.5 Å². The van der Waals surface area contributed by atoms with Gasteiger partial charge in [-0.15, -0.1) is 0 Å². The number of carbonyl (C=O) groups excluding carboxylic acids is 1. The monoisotopic (exact) mass is 405 g/mol. The Kier molecular flexibility index (Phi) is 5.14. The second-order valence-electron chi connectivity index (χ2n) is 7.23. The van der Waals surface area contributed by atoms with Gasteiger partial charge in [0, 0.05) is 29.2 Å². The number of aromatic nitrogens is 3. The highest BCUT2D eigenvalue weighted by Crippen LogP contribution is 2.25. The van der Waals surface area contributed by atoms with Crippen LogP contribution < -0.4 is 16.6 Å². The number of fused-ring (bicyclic) bond motifs is 1. The van der Waals surface area contributed by atoms with Crippen molar-refractivity contribution in [2.24, 2.45) is 0 Å². The number of nitrogens with one attached hydrogen (secondary N) is 2. The Balaban J connectivity index is 1.45. The average molecular weight is 405 g/mol. The van der Waals surface area contributed by atoms with Crippen LogP contribution in [0.3, 0.4) is 0 Å². The first-order valence-electron chi connectivity index (χ1n) is 9.69. The van der Waals surface area contributed by atoms with Crippen LogP contribution in [0, 0.1) is 13.8 Å². The van der Waals surface area contributed by atoms with Crippen LogP contribution in [-0.2, 0) is 17.8 Å². The number of anilines is 1. The molecule has 4 rings (SSSR count). The Bertz CT molecular complexity index is 1280. The number of furan rings is 1. The molecule has 0 radical (unpaired) electrons. The normalized spacial score (nSPS) is 11.1. The number of amides is 1. The van der Waals surface area contributed by atoms with Crippen LogP contribution >= 0.6 is 0 Å². The molecule has 1 aromatic carbocycles. The quantitative estimate of drug-likeness (QED) is 0.455. The van der Waals surface area contributed by atoms with Gasteiger partial charge in [0.2, 0.25) is 5.91 Å². The van der Waals surface area contributed by atoms with Crippen molar-refractivity contribution in [2.45, 2.75) is 26.8 Å². The van der Waals surface area contributed by atoms with E-state index in [1.165, 1.54) is 6.07 Å². The summed E-state index contributed by atoms with van der Waals surface area (Å²) in [6.45, 7) is 3.88. The standard InChI is InChI=1S/C22H23N5O3/c1-13-9-17(14(2)30-13)20-10-18(23)22(29)27(26-20)12-21(28)24-8-7-15-11-25-19-6-4-3-5-16(15)19/h3-6,9-11,25H,7-8,12,23H2,1-2H3,(H,24,28). The lowest BCUT2D eigenvalue weighted by atomic mass is 10.1. The van der Waals surface area contributed by atoms with Crippen LogP contribution in [0.2, 0.25) is 0 Å². The van der Waals surface area contributed by atoms with Gasteiger partial charge in [-0.2, -0.15) is 5.10 Å². The fourth-order valence-corrected chi connectivity index (χ4v) is 3.55. The lowest BCUT2D eigenvalue weighted by molar-refractivity contribution is -0.121. The topological polar surface area (TPSA) is 119 Å². The van der Waals surface area contributed by atoms with Crippen molar-refractivity contribution >= 4 is 22.5 Å². The Hall–Kier alpha value is -3.81. The number of aryl methyl sites for hydroxylation is 2. The molecular weight excluding hydrogens is 382 g/mol. The second kappa shape index (κ2) is 7.90. The van der Waals surface area contributed by atoms with Crippen LogP contribution in [0.25, 0.3) is 22.2 Å². The molecule has 0 aliphatic heterocycles. The maximum Gasteiger partial charge on any atom is 0.290 e. The van der Waals surface area contributed by atoms with Gasteiger partial charge in [-0.25, -0.2) is 4.68 Å². The highest BCUT2D eigenvalue weighted by molar-refractivity contribution is 5.83. The number of H-pyrrole nitrogens is 1. The predicted octanol–water partition coefficient (Wildman–Crippen LogP) is 2.54. The van der Waals surface area contributed by atoms with E-state index in [0.29, 0.717) is 24.4 Å². The summed E-state index contributed by atoms with van der Waals surface area (Å²) in [4.78, 5) is 28.0. The van der Waals surface area contributed by atoms with Gasteiger partial charge in [0.1, 0.15) is 23.8 Å². The molecule has 0 bridgehead atoms. The molecule has 1 amide bonds. The van der Waals surface area contributed by atoms with E-state index in [1.54, 1.807) is 0 Å². The van der Waals surface area contributed by atoms with Gasteiger partial charge in [0.05, 0.1) is 5.69 Å². The Morgan fingerprint density at radius 3 is 2.83 bits per heavy atom. The molecule has 0 atom stereocenters. The number of hydrogen-bond donors (Lipinski definition) is 3. The van der Waals surface area contributed by atoms with E-state index in [9.17, 15) is 9.59 Å². The van der Waals surface area contributed by atoms with Crippen molar-refractivity contribution in [3.8, 4) is 11.3 Å². The highest BCUT2D eigenvalue weighted by Gasteiger charge is 2.15. The van der Waals surface area contributed by atoms with Crippen molar-refractivity contribution in [3.05, 3.63) is 70.0 Å². The summed E-state index contributed by atoms with van der Waals surface area (Å²) in [5.41, 5.74) is 8.83. The maximum absolute atomic E-state index is 12.4.